The van der Waals surface area contributed by atoms with Crippen LogP contribution in [0.25, 0.3) is 0 Å². The lowest BCUT2D eigenvalue weighted by Gasteiger charge is -2.49. The van der Waals surface area contributed by atoms with E-state index in [4.69, 9.17) is 42.2 Å². The molecule has 0 spiro atoms. The molecule has 0 aromatic heterocycles. The number of unbranched alkanes of at least 4 members (excludes halogenated alkanes) is 35. The Labute approximate surface area is 573 Å². The summed E-state index contributed by atoms with van der Waals surface area (Å²) in [5.74, 6) is -2.24. The summed E-state index contributed by atoms with van der Waals surface area (Å²) in [6.45, 7) is 3.32. The number of aliphatic hydroxyl groups excluding tert-OH is 10. The Morgan fingerprint density at radius 1 is 0.427 bits per heavy atom. The molecule has 96 heavy (non-hydrogen) atoms. The molecule has 0 radical (unpaired) electrons. The molecule has 2 heterocycles. The average molecular weight is 1400 g/mol. The fourth-order valence-electron chi connectivity index (χ4n) is 12.3. The normalized spacial score (nSPS) is 28.1. The molecule has 0 amide bonds. The maximum atomic E-state index is 14.3. The van der Waals surface area contributed by atoms with Crippen molar-refractivity contribution in [2.75, 3.05) is 26.4 Å². The molecular formula is C71H129O24P. The van der Waals surface area contributed by atoms with E-state index in [1.807, 2.05) is 6.08 Å². The van der Waals surface area contributed by atoms with Gasteiger partial charge in [-0.2, -0.15) is 0 Å². The summed E-state index contributed by atoms with van der Waals surface area (Å²) in [5, 5.41) is 110. The lowest BCUT2D eigenvalue weighted by atomic mass is 9.84. The second kappa shape index (κ2) is 53.3. The van der Waals surface area contributed by atoms with Crippen LogP contribution in [-0.2, 0) is 61.2 Å². The molecule has 0 bridgehead atoms. The number of phosphoric ester groups is 1. The summed E-state index contributed by atoms with van der Waals surface area (Å²) >= 11 is 0. The molecule has 1 saturated carbocycles. The van der Waals surface area contributed by atoms with Crippen molar-refractivity contribution in [2.24, 2.45) is 0 Å². The Bertz CT molecular complexity index is 2090. The van der Waals surface area contributed by atoms with Crippen LogP contribution >= 0.6 is 7.82 Å². The van der Waals surface area contributed by atoms with Gasteiger partial charge in [0.05, 0.1) is 13.2 Å². The predicted molar refractivity (Wildman–Crippen MR) is 361 cm³/mol. The Balaban J connectivity index is 1.75. The van der Waals surface area contributed by atoms with Gasteiger partial charge in [0.25, 0.3) is 0 Å². The summed E-state index contributed by atoms with van der Waals surface area (Å²) in [6.07, 6.45) is 13.3. The first-order valence-electron chi connectivity index (χ1n) is 37.2. The minimum atomic E-state index is -5.71. The van der Waals surface area contributed by atoms with Crippen molar-refractivity contribution in [1.82, 2.24) is 0 Å². The first-order valence-corrected chi connectivity index (χ1v) is 38.7. The van der Waals surface area contributed by atoms with Crippen molar-refractivity contribution >= 4 is 25.7 Å². The number of ether oxygens (including phenoxy) is 7. The number of rotatable bonds is 57. The van der Waals surface area contributed by atoms with E-state index in [-0.39, 0.29) is 12.8 Å². The fraction of sp³-hybridized carbons (Fsp3) is 0.901. The van der Waals surface area contributed by atoms with Gasteiger partial charge in [0.15, 0.2) is 18.7 Å². The Morgan fingerprint density at radius 3 is 1.23 bits per heavy atom. The van der Waals surface area contributed by atoms with E-state index in [0.29, 0.717) is 12.8 Å². The molecule has 3 fully saturated rings. The third kappa shape index (κ3) is 36.4. The molecule has 2 aliphatic heterocycles. The van der Waals surface area contributed by atoms with Crippen molar-refractivity contribution < 1.29 is 117 Å². The van der Waals surface area contributed by atoms with Gasteiger partial charge in [-0.05, 0) is 25.7 Å². The van der Waals surface area contributed by atoms with Gasteiger partial charge in [0.1, 0.15) is 98.7 Å². The highest BCUT2D eigenvalue weighted by Crippen LogP contribution is 2.49. The van der Waals surface area contributed by atoms with Crippen LogP contribution in [0.4, 0.5) is 0 Å². The number of esters is 3. The van der Waals surface area contributed by atoms with Gasteiger partial charge in [-0.3, -0.25) is 18.6 Å². The highest BCUT2D eigenvalue weighted by atomic mass is 31.2. The Morgan fingerprint density at radius 2 is 0.802 bits per heavy atom. The second-order valence-corrected chi connectivity index (χ2v) is 28.1. The van der Waals surface area contributed by atoms with Gasteiger partial charge in [-0.15, -0.1) is 0 Å². The number of carbonyl (C=O) groups excluding carboxylic acids is 3. The maximum Gasteiger partial charge on any atom is 0.472 e. The average Bonchev–Trinajstić information content (AvgIpc) is 0.765. The molecule has 11 N–H and O–H groups in total. The Kier molecular flexibility index (Phi) is 48.7. The topological polar surface area (TPSA) is 374 Å². The number of carbonyl (C=O) groups is 3. The van der Waals surface area contributed by atoms with Gasteiger partial charge < -0.3 is 89.1 Å². The predicted octanol–water partition coefficient (Wildman–Crippen LogP) is 9.74. The molecule has 25 heteroatoms. The molecule has 1 aliphatic carbocycles. The van der Waals surface area contributed by atoms with E-state index in [1.165, 1.54) is 147 Å². The quantitative estimate of drug-likeness (QED) is 0.00673. The van der Waals surface area contributed by atoms with Crippen molar-refractivity contribution in [3.63, 3.8) is 0 Å². The third-order valence-corrected chi connectivity index (χ3v) is 19.3. The molecule has 18 atom stereocenters. The van der Waals surface area contributed by atoms with Crippen LogP contribution in [0, 0.1) is 0 Å². The lowest BCUT2D eigenvalue weighted by Crippen LogP contribution is -2.69. The SMILES string of the molecule is CCCCCCCCCCCCC/C=C/C=C/C(=O)OCC(COP(=O)(O)OC1C(OC2OC(CO)C(O)C(O)C2O)C(O)C(O)C(O)C1OC1OC(COC(=O)CCCCCCCCCCCCCCCCC)C(O)C(O)C1O)OC(=O)CCCCCCCCCCCCC. The van der Waals surface area contributed by atoms with E-state index in [1.54, 1.807) is 6.08 Å². The fourth-order valence-corrected chi connectivity index (χ4v) is 13.2. The monoisotopic (exact) mass is 1400 g/mol. The molecule has 0 aromatic carbocycles. The highest BCUT2D eigenvalue weighted by Gasteiger charge is 2.58. The highest BCUT2D eigenvalue weighted by molar-refractivity contribution is 7.47. The number of hydrogen-bond acceptors (Lipinski definition) is 23. The van der Waals surface area contributed by atoms with Crippen LogP contribution in [-0.4, -0.2) is 204 Å². The van der Waals surface area contributed by atoms with Crippen molar-refractivity contribution in [3.05, 3.63) is 24.3 Å². The van der Waals surface area contributed by atoms with Crippen molar-refractivity contribution in [3.8, 4) is 0 Å². The summed E-state index contributed by atoms with van der Waals surface area (Å²) < 4.78 is 64.7. The van der Waals surface area contributed by atoms with E-state index < -0.39 is 156 Å². The van der Waals surface area contributed by atoms with Crippen LogP contribution in [0.2, 0.25) is 0 Å². The van der Waals surface area contributed by atoms with Crippen LogP contribution in [0.3, 0.4) is 0 Å². The summed E-state index contributed by atoms with van der Waals surface area (Å²) in [4.78, 5) is 50.8. The zero-order chi connectivity index (χ0) is 70.4. The lowest BCUT2D eigenvalue weighted by molar-refractivity contribution is -0.360. The van der Waals surface area contributed by atoms with Gasteiger partial charge in [-0.1, -0.05) is 257 Å². The van der Waals surface area contributed by atoms with Gasteiger partial charge in [0.2, 0.25) is 0 Å². The Hall–Kier alpha value is -2.56. The summed E-state index contributed by atoms with van der Waals surface area (Å²) in [7, 11) is -5.71. The second-order valence-electron chi connectivity index (χ2n) is 26.7. The first kappa shape index (κ1) is 87.7. The minimum Gasteiger partial charge on any atom is -0.463 e. The maximum absolute atomic E-state index is 14.3. The van der Waals surface area contributed by atoms with Crippen LogP contribution in [0.15, 0.2) is 24.3 Å². The van der Waals surface area contributed by atoms with Crippen LogP contribution < -0.4 is 0 Å². The first-order chi connectivity index (χ1) is 46.3. The van der Waals surface area contributed by atoms with Crippen molar-refractivity contribution in [2.45, 2.75) is 382 Å². The largest absolute Gasteiger partial charge is 0.472 e. The molecule has 3 rings (SSSR count). The van der Waals surface area contributed by atoms with Crippen LogP contribution in [0.5, 0.6) is 0 Å². The molecule has 2 saturated heterocycles. The molecule has 562 valence electrons. The molecule has 3 aliphatic rings. The molecule has 24 nitrogen and oxygen atoms in total. The summed E-state index contributed by atoms with van der Waals surface area (Å²) in [6, 6.07) is 0. The zero-order valence-corrected chi connectivity index (χ0v) is 59.3. The van der Waals surface area contributed by atoms with E-state index in [2.05, 4.69) is 20.8 Å². The summed E-state index contributed by atoms with van der Waals surface area (Å²) in [5.41, 5.74) is 0. The number of aliphatic hydroxyl groups is 10. The molecule has 18 unspecified atom stereocenters. The molecular weight excluding hydrogens is 1270 g/mol. The minimum absolute atomic E-state index is 0.0291. The molecule has 0 aromatic rings. The smallest absolute Gasteiger partial charge is 0.463 e. The number of hydrogen-bond donors (Lipinski definition) is 11. The third-order valence-electron chi connectivity index (χ3n) is 18.3. The van der Waals surface area contributed by atoms with Gasteiger partial charge in [0, 0.05) is 18.9 Å². The van der Waals surface area contributed by atoms with Crippen molar-refractivity contribution in [1.29, 1.82) is 0 Å². The number of allylic oxidation sites excluding steroid dienone is 3. The standard InChI is InChI=1S/C71H129O24P/c1-4-7-10-13-16-19-22-24-26-28-31-33-36-39-42-45-55(73)87-49-52(90-57(75)47-44-41-38-35-30-21-18-15-12-9-6-3)50-89-96(85,86)95-69-67(93-70-65(83)60(78)58(76)53(48-72)91-70)63(81)62(80)64(82)68(69)94-71-66(84)61(79)59(77)54(92-71)51-88-56(74)46-43-40-37-34-32-29-27-25-23-20-17-14-11-8-5-2/h36,39,42,45,52-54,58-72,76-84H,4-35,37-38,40-41,43-44,46-51H2,1-3H3,(H,85,86)/b39-36+,45-42+. The van der Waals surface area contributed by atoms with E-state index in [0.717, 1.165) is 96.0 Å². The number of phosphoric acid groups is 1. The zero-order valence-electron chi connectivity index (χ0n) is 58.4. The van der Waals surface area contributed by atoms with Gasteiger partial charge >= 0.3 is 25.7 Å². The van der Waals surface area contributed by atoms with Gasteiger partial charge in [-0.25, -0.2) is 9.36 Å². The van der Waals surface area contributed by atoms with E-state index >= 15 is 0 Å². The van der Waals surface area contributed by atoms with E-state index in [9.17, 15) is 74.9 Å². The van der Waals surface area contributed by atoms with Crippen LogP contribution in [0.1, 0.15) is 278 Å².